The van der Waals surface area contributed by atoms with Crippen LogP contribution in [-0.2, 0) is 0 Å². The summed E-state index contributed by atoms with van der Waals surface area (Å²) in [5, 5.41) is 2.28. The first-order valence-corrected chi connectivity index (χ1v) is 15.4. The van der Waals surface area contributed by atoms with Crippen molar-refractivity contribution in [3.63, 3.8) is 0 Å². The van der Waals surface area contributed by atoms with Crippen molar-refractivity contribution in [1.29, 1.82) is 0 Å². The van der Waals surface area contributed by atoms with Crippen LogP contribution in [0.2, 0.25) is 0 Å². The highest BCUT2D eigenvalue weighted by Gasteiger charge is 2.20. The number of hydrogen-bond acceptors (Lipinski definition) is 3. The molecule has 0 fully saturated rings. The van der Waals surface area contributed by atoms with Crippen LogP contribution in [0.5, 0.6) is 0 Å². The predicted octanol–water partition coefficient (Wildman–Crippen LogP) is 10.5. The van der Waals surface area contributed by atoms with Crippen molar-refractivity contribution in [1.82, 2.24) is 19.5 Å². The first kappa shape index (κ1) is 28.5. The molecule has 0 saturated carbocycles. The molecule has 8 rings (SSSR count). The maximum atomic E-state index is 15.5. The summed E-state index contributed by atoms with van der Waals surface area (Å²) in [4.78, 5) is 14.8. The quantitative estimate of drug-likeness (QED) is 0.194. The van der Waals surface area contributed by atoms with Gasteiger partial charge in [-0.2, -0.15) is 0 Å². The highest BCUT2D eigenvalue weighted by Crippen LogP contribution is 2.39. The van der Waals surface area contributed by atoms with Gasteiger partial charge in [-0.3, -0.25) is 0 Å². The van der Waals surface area contributed by atoms with E-state index in [9.17, 15) is 4.39 Å². The van der Waals surface area contributed by atoms with E-state index in [1.807, 2.05) is 78.9 Å². The molecular formula is C41H28F2N4. The summed E-state index contributed by atoms with van der Waals surface area (Å²) in [5.74, 6) is 0.0643. The molecule has 8 aromatic rings. The minimum absolute atomic E-state index is 0.254. The van der Waals surface area contributed by atoms with Gasteiger partial charge in [0.1, 0.15) is 11.6 Å². The summed E-state index contributed by atoms with van der Waals surface area (Å²) in [6.45, 7) is 4.17. The minimum atomic E-state index is -0.664. The lowest BCUT2D eigenvalue weighted by molar-refractivity contribution is 0.585. The molecule has 2 heterocycles. The lowest BCUT2D eigenvalue weighted by Gasteiger charge is -2.16. The molecule has 6 aromatic carbocycles. The smallest absolute Gasteiger partial charge is 0.164 e. The molecule has 0 unspecified atom stereocenters. The number of hydrogen-bond donors (Lipinski definition) is 0. The monoisotopic (exact) mass is 614 g/mol. The van der Waals surface area contributed by atoms with E-state index in [1.165, 1.54) is 12.1 Å². The summed E-state index contributed by atoms with van der Waals surface area (Å²) in [7, 11) is 0. The molecule has 6 heteroatoms. The lowest BCUT2D eigenvalue weighted by Crippen LogP contribution is -2.03. The Bertz CT molecular complexity index is 2330. The van der Waals surface area contributed by atoms with E-state index in [0.29, 0.717) is 28.6 Å². The van der Waals surface area contributed by atoms with Gasteiger partial charge in [0, 0.05) is 44.8 Å². The molecular weight excluding hydrogens is 586 g/mol. The summed E-state index contributed by atoms with van der Waals surface area (Å²) >= 11 is 0. The van der Waals surface area contributed by atoms with Gasteiger partial charge in [-0.15, -0.1) is 0 Å². The Balaban J connectivity index is 1.45. The number of aromatic nitrogens is 4. The van der Waals surface area contributed by atoms with Crippen molar-refractivity contribution in [2.75, 3.05) is 0 Å². The van der Waals surface area contributed by atoms with Gasteiger partial charge in [0.05, 0.1) is 11.0 Å². The topological polar surface area (TPSA) is 43.6 Å². The van der Waals surface area contributed by atoms with Crippen LogP contribution < -0.4 is 0 Å². The maximum Gasteiger partial charge on any atom is 0.164 e. The Kier molecular flexibility index (Phi) is 6.91. The highest BCUT2D eigenvalue weighted by molar-refractivity contribution is 6.09. The first-order valence-electron chi connectivity index (χ1n) is 15.4. The van der Waals surface area contributed by atoms with Gasteiger partial charge in [-0.05, 0) is 66.9 Å². The van der Waals surface area contributed by atoms with Crippen molar-refractivity contribution in [2.45, 2.75) is 13.8 Å². The van der Waals surface area contributed by atoms with E-state index in [1.54, 1.807) is 0 Å². The maximum absolute atomic E-state index is 15.5. The van der Waals surface area contributed by atoms with Crippen molar-refractivity contribution >= 4 is 21.8 Å². The van der Waals surface area contributed by atoms with Gasteiger partial charge >= 0.3 is 0 Å². The van der Waals surface area contributed by atoms with Crippen molar-refractivity contribution in [2.24, 2.45) is 0 Å². The van der Waals surface area contributed by atoms with E-state index >= 15 is 4.39 Å². The fourth-order valence-electron chi connectivity index (χ4n) is 6.24. The zero-order valence-corrected chi connectivity index (χ0v) is 25.7. The molecule has 0 saturated heterocycles. The Morgan fingerprint density at radius 1 is 0.468 bits per heavy atom. The number of nitrogens with zero attached hydrogens (tertiary/aromatic N) is 4. The highest BCUT2D eigenvalue weighted by atomic mass is 19.1. The number of benzene rings is 6. The summed E-state index contributed by atoms with van der Waals surface area (Å²) in [6.07, 6.45) is 0. The fraction of sp³-hybridized carbons (Fsp3) is 0.0488. The van der Waals surface area contributed by atoms with Gasteiger partial charge in [0.25, 0.3) is 0 Å². The third kappa shape index (κ3) is 5.14. The SMILES string of the molecule is Cc1ccc2c3ccc(C)cc3n(-c3ccc(-c4ccc(F)cc4F)c(-c4nc(-c5ccccc5)nc(-c5ccccc5)n4)c3)c2c1. The Hall–Kier alpha value is -6.01. The molecule has 226 valence electrons. The van der Waals surface area contributed by atoms with E-state index < -0.39 is 11.6 Å². The van der Waals surface area contributed by atoms with Crippen LogP contribution in [0.15, 0.2) is 133 Å². The van der Waals surface area contributed by atoms with Crippen molar-refractivity contribution in [3.8, 4) is 51.0 Å². The van der Waals surface area contributed by atoms with Crippen LogP contribution in [0.1, 0.15) is 11.1 Å². The molecule has 0 aliphatic carbocycles. The van der Waals surface area contributed by atoms with Crippen LogP contribution in [0.25, 0.3) is 72.8 Å². The average Bonchev–Trinajstić information content (AvgIpc) is 3.41. The number of aryl methyl sites for hydroxylation is 2. The normalized spacial score (nSPS) is 11.4. The minimum Gasteiger partial charge on any atom is -0.309 e. The van der Waals surface area contributed by atoms with E-state index in [2.05, 4.69) is 54.8 Å². The third-order valence-electron chi connectivity index (χ3n) is 8.50. The van der Waals surface area contributed by atoms with Crippen LogP contribution in [0.3, 0.4) is 0 Å². The molecule has 0 spiro atoms. The van der Waals surface area contributed by atoms with Gasteiger partial charge < -0.3 is 4.57 Å². The summed E-state index contributed by atoms with van der Waals surface area (Å²) in [6, 6.07) is 41.9. The van der Waals surface area contributed by atoms with Gasteiger partial charge in [-0.25, -0.2) is 23.7 Å². The van der Waals surface area contributed by atoms with Crippen LogP contribution in [-0.4, -0.2) is 19.5 Å². The fourth-order valence-corrected chi connectivity index (χ4v) is 6.24. The molecule has 0 radical (unpaired) electrons. The first-order chi connectivity index (χ1) is 22.9. The van der Waals surface area contributed by atoms with E-state index in [4.69, 9.17) is 15.0 Å². The van der Waals surface area contributed by atoms with E-state index in [-0.39, 0.29) is 5.56 Å². The standard InChI is InChI=1S/C41H28F2N4/c1-25-13-17-33-34-18-14-26(2)22-38(34)47(37(33)21-25)30-16-20-31(32-19-15-29(42)23-36(32)43)35(24-30)41-45-39(27-9-5-3-6-10-27)44-40(46-41)28-11-7-4-8-12-28/h3-24H,1-2H3. The second kappa shape index (κ2) is 11.4. The van der Waals surface area contributed by atoms with Gasteiger partial charge in [0.2, 0.25) is 0 Å². The molecule has 2 aromatic heterocycles. The Morgan fingerprint density at radius 2 is 1.00 bits per heavy atom. The van der Waals surface area contributed by atoms with Crippen molar-refractivity contribution < 1.29 is 8.78 Å². The van der Waals surface area contributed by atoms with Crippen molar-refractivity contribution in [3.05, 3.63) is 156 Å². The number of rotatable bonds is 5. The van der Waals surface area contributed by atoms with E-state index in [0.717, 1.165) is 55.8 Å². The molecule has 4 nitrogen and oxygen atoms in total. The molecule has 47 heavy (non-hydrogen) atoms. The van der Waals surface area contributed by atoms with Crippen LogP contribution in [0, 0.1) is 25.5 Å². The average molecular weight is 615 g/mol. The Labute approximate surface area is 270 Å². The zero-order valence-electron chi connectivity index (χ0n) is 25.7. The summed E-state index contributed by atoms with van der Waals surface area (Å²) in [5.41, 5.74) is 8.31. The van der Waals surface area contributed by atoms with Gasteiger partial charge in [-0.1, -0.05) is 91.0 Å². The van der Waals surface area contributed by atoms with Crippen LogP contribution >= 0.6 is 0 Å². The molecule has 0 amide bonds. The molecule has 0 aliphatic rings. The second-order valence-corrected chi connectivity index (χ2v) is 11.8. The zero-order chi connectivity index (χ0) is 32.1. The third-order valence-corrected chi connectivity index (χ3v) is 8.50. The predicted molar refractivity (Wildman–Crippen MR) is 185 cm³/mol. The largest absolute Gasteiger partial charge is 0.309 e. The molecule has 0 N–H and O–H groups in total. The lowest BCUT2D eigenvalue weighted by atomic mass is 9.97. The number of fused-ring (bicyclic) bond motifs is 3. The molecule has 0 bridgehead atoms. The molecule has 0 atom stereocenters. The summed E-state index contributed by atoms with van der Waals surface area (Å²) < 4.78 is 31.8. The van der Waals surface area contributed by atoms with Crippen LogP contribution in [0.4, 0.5) is 8.78 Å². The second-order valence-electron chi connectivity index (χ2n) is 11.8. The Morgan fingerprint density at radius 3 is 1.55 bits per heavy atom. The molecule has 0 aliphatic heterocycles. The number of halogens is 2. The van der Waals surface area contributed by atoms with Gasteiger partial charge in [0.15, 0.2) is 17.5 Å².